The topological polar surface area (TPSA) is 246 Å². The van der Waals surface area contributed by atoms with Gasteiger partial charge in [0.05, 0.1) is 11.4 Å². The number of carboxylic acids is 1. The smallest absolute Gasteiger partial charge is 0.488 e. The van der Waals surface area contributed by atoms with Crippen molar-refractivity contribution in [2.24, 2.45) is 0 Å². The van der Waals surface area contributed by atoms with Crippen molar-refractivity contribution in [2.75, 3.05) is 0 Å². The zero-order valence-corrected chi connectivity index (χ0v) is 62.9. The second kappa shape index (κ2) is 38.5. The molecule has 0 amide bonds. The van der Waals surface area contributed by atoms with E-state index in [9.17, 15) is 24.3 Å². The van der Waals surface area contributed by atoms with Crippen LogP contribution in [0, 0.1) is 0 Å². The number of hydrogen-bond acceptors (Lipinski definition) is 15. The minimum Gasteiger partial charge on any atom is -0.506 e. The van der Waals surface area contributed by atoms with Gasteiger partial charge >= 0.3 is 25.0 Å². The van der Waals surface area contributed by atoms with E-state index in [1.807, 2.05) is 238 Å². The van der Waals surface area contributed by atoms with Gasteiger partial charge in [-0.15, -0.1) is 0 Å². The maximum atomic E-state index is 13.9. The molecule has 0 spiro atoms. The van der Waals surface area contributed by atoms with Gasteiger partial charge in [-0.3, -0.25) is 4.79 Å². The van der Waals surface area contributed by atoms with Crippen LogP contribution in [0.25, 0.3) is 40.7 Å². The van der Waals surface area contributed by atoms with Crippen LogP contribution in [0.5, 0.6) is 29.0 Å². The minimum absolute atomic E-state index is 0.0807. The normalized spacial score (nSPS) is 11.6. The van der Waals surface area contributed by atoms with Crippen molar-refractivity contribution in [2.45, 2.75) is 98.9 Å². The molecule has 0 fully saturated rings. The number of nitrogens with zero attached hydrogens (tertiary/aromatic N) is 2. The number of rotatable bonds is 25. The highest BCUT2D eigenvalue weighted by Gasteiger charge is 2.31. The zero-order chi connectivity index (χ0) is 78.3. The van der Waals surface area contributed by atoms with Crippen LogP contribution >= 0.6 is 11.6 Å². The van der Waals surface area contributed by atoms with E-state index < -0.39 is 41.9 Å². The highest BCUT2D eigenvalue weighted by Crippen LogP contribution is 2.42. The van der Waals surface area contributed by atoms with Gasteiger partial charge in [-0.2, -0.15) is 0 Å². The van der Waals surface area contributed by atoms with Gasteiger partial charge in [-0.1, -0.05) is 293 Å². The summed E-state index contributed by atoms with van der Waals surface area (Å²) in [6.45, 7) is 7.01. The number of aromatic nitrogens is 3. The maximum absolute atomic E-state index is 13.9. The van der Waals surface area contributed by atoms with E-state index in [-0.39, 0.29) is 67.7 Å². The highest BCUT2D eigenvalue weighted by atomic mass is 35.5. The lowest BCUT2D eigenvalue weighted by molar-refractivity contribution is 0.0451. The molecule has 0 atom stereocenters. The molecule has 3 aliphatic carbocycles. The summed E-state index contributed by atoms with van der Waals surface area (Å²) in [5.74, 6) is -1.96. The Bertz CT molecular complexity index is 5430. The third-order valence-corrected chi connectivity index (χ3v) is 19.2. The molecule has 564 valence electrons. The largest absolute Gasteiger partial charge is 0.506 e. The van der Waals surface area contributed by atoms with E-state index >= 15 is 0 Å². The predicted octanol–water partition coefficient (Wildman–Crippen LogP) is 17.7. The first-order valence-electron chi connectivity index (χ1n) is 37.0. The summed E-state index contributed by atoms with van der Waals surface area (Å²) in [6, 6.07) is 75.8. The Hall–Kier alpha value is -12.9. The van der Waals surface area contributed by atoms with Crippen molar-refractivity contribution in [1.82, 2.24) is 15.0 Å². The number of carbonyl (C=O) groups excluding carboxylic acids is 2. The Labute approximate surface area is 655 Å². The Balaban J connectivity index is 0.000000150. The predicted molar refractivity (Wildman–Crippen MR) is 437 cm³/mol. The number of halogens is 1. The van der Waals surface area contributed by atoms with E-state index in [0.717, 1.165) is 86.2 Å². The van der Waals surface area contributed by atoms with Crippen LogP contribution < -0.4 is 30.0 Å². The van der Waals surface area contributed by atoms with E-state index in [1.54, 1.807) is 13.0 Å². The monoisotopic (exact) mass is 1510 g/mol. The minimum atomic E-state index is -1.43. The quantitative estimate of drug-likeness (QED) is 0.0203. The van der Waals surface area contributed by atoms with Gasteiger partial charge in [0.1, 0.15) is 62.0 Å². The zero-order valence-electron chi connectivity index (χ0n) is 62.2. The molecule has 17 nitrogen and oxygen atoms in total. The SMILES string of the molecule is CCc1c(-c2ccc3c(c2)CC=C3)[nH]c(=O)c(C(=O)O)c1O.CCc1c(-c2ccc3c(c2)CC=C3)nc(OCc2ccccc2)c(C(=O)OCc2ccccc2)c1OCc1ccccc1.CCc1c(Cl)nc(OCc2ccccc2)c(C(=O)OCc2ccccc2)c1OCc1ccccc1.OB(O)c1ccc2c(c1)CC=C2. The number of nitrogens with one attached hydrogen (secondary N) is 1. The lowest BCUT2D eigenvalue weighted by Crippen LogP contribution is -2.29. The Morgan fingerprint density at radius 1 is 0.438 bits per heavy atom. The molecule has 0 unspecified atom stereocenters. The molecule has 3 aromatic heterocycles. The summed E-state index contributed by atoms with van der Waals surface area (Å²) in [6.07, 6.45) is 16.6. The van der Waals surface area contributed by atoms with Crippen LogP contribution in [0.2, 0.25) is 5.15 Å². The number of carboxylic acid groups (broad SMARTS) is 1. The molecular weight excluding hydrogens is 1430 g/mol. The summed E-state index contributed by atoms with van der Waals surface area (Å²) in [7, 11) is -1.35. The number of esters is 2. The van der Waals surface area contributed by atoms with Crippen LogP contribution in [0.3, 0.4) is 0 Å². The van der Waals surface area contributed by atoms with Crippen LogP contribution in [0.15, 0.2) is 260 Å². The first-order chi connectivity index (χ1) is 54.6. The van der Waals surface area contributed by atoms with Gasteiger partial charge in [0.25, 0.3) is 5.56 Å². The molecule has 3 aliphatic rings. The van der Waals surface area contributed by atoms with Crippen LogP contribution in [-0.2, 0) is 87.6 Å². The lowest BCUT2D eigenvalue weighted by Gasteiger charge is -2.21. The second-order valence-corrected chi connectivity index (χ2v) is 26.8. The van der Waals surface area contributed by atoms with Crippen molar-refractivity contribution in [3.63, 3.8) is 0 Å². The van der Waals surface area contributed by atoms with E-state index in [0.29, 0.717) is 53.0 Å². The van der Waals surface area contributed by atoms with Crippen molar-refractivity contribution in [3.8, 4) is 51.5 Å². The summed E-state index contributed by atoms with van der Waals surface area (Å²) in [5.41, 5.74) is 17.0. The molecule has 112 heavy (non-hydrogen) atoms. The molecule has 15 rings (SSSR count). The van der Waals surface area contributed by atoms with Crippen LogP contribution in [0.4, 0.5) is 0 Å². The summed E-state index contributed by atoms with van der Waals surface area (Å²) < 4.78 is 36.6. The average Bonchev–Trinajstić information content (AvgIpc) is 1.11. The third-order valence-electron chi connectivity index (χ3n) is 18.9. The number of ether oxygens (including phenoxy) is 6. The Morgan fingerprint density at radius 3 is 1.21 bits per heavy atom. The van der Waals surface area contributed by atoms with Crippen molar-refractivity contribution < 1.29 is 63.1 Å². The maximum Gasteiger partial charge on any atom is 0.488 e. The molecule has 3 heterocycles. The average molecular weight is 1510 g/mol. The Kier molecular flexibility index (Phi) is 27.0. The summed E-state index contributed by atoms with van der Waals surface area (Å²) in [4.78, 5) is 62.5. The number of carbonyl (C=O) groups is 3. The van der Waals surface area contributed by atoms with E-state index in [4.69, 9.17) is 60.2 Å². The number of aromatic amines is 1. The number of allylic oxidation sites excluding steroid dienone is 3. The van der Waals surface area contributed by atoms with E-state index in [2.05, 4.69) is 52.5 Å². The summed E-state index contributed by atoms with van der Waals surface area (Å²) in [5, 5.41) is 37.2. The molecule has 9 aromatic carbocycles. The number of aromatic carboxylic acids is 1. The fourth-order valence-electron chi connectivity index (χ4n) is 13.1. The molecule has 12 aromatic rings. The molecular formula is C93H83BClN3O14. The molecule has 0 saturated heterocycles. The molecule has 0 radical (unpaired) electrons. The standard InChI is InChI=1S/C38H33NO4.C29H26ClNO4.C17H15NO4.C9H9BO2/c1-2-33-35(32-22-21-30-19-12-20-31(30)23-32)39-37(42-25-28-15-8-4-9-16-28)34(36(33)41-24-27-13-6-3-7-14-27)38(40)43-26-29-17-10-5-11-18-29;1-2-24-26(33-18-21-12-6-3-7-13-21)25(29(32)35-20-23-16-10-5-11-17-23)28(31-27(24)30)34-19-22-14-8-4-9-15-22;1-2-12-14(18-16(20)13(15(12)19)17(21)22)11-7-6-9-4-3-5-10(9)8-11;11-10(12)9-5-4-7-2-1-3-8(7)6-9/h3-19,21-23H,2,20,24-26H2,1H3;3-17H,2,18-20H2,1H3;3-4,6-8H,2,5H2,1H3,(H,21,22)(H2,18,19,20);1-2,4-6,11-12H,3H2. The number of benzene rings is 9. The van der Waals surface area contributed by atoms with Crippen LogP contribution in [-0.4, -0.2) is 60.2 Å². The Morgan fingerprint density at radius 2 is 0.804 bits per heavy atom. The number of fused-ring (bicyclic) bond motifs is 3. The first-order valence-corrected chi connectivity index (χ1v) is 37.4. The lowest BCUT2D eigenvalue weighted by atomic mass is 9.79. The molecule has 0 aliphatic heterocycles. The molecule has 19 heteroatoms. The van der Waals surface area contributed by atoms with Gasteiger partial charge in [0.2, 0.25) is 11.8 Å². The molecule has 0 saturated carbocycles. The molecule has 5 N–H and O–H groups in total. The number of hydrogen-bond donors (Lipinski definition) is 5. The van der Waals surface area contributed by atoms with Gasteiger partial charge in [-0.25, -0.2) is 24.4 Å². The number of pyridine rings is 3. The van der Waals surface area contributed by atoms with Crippen molar-refractivity contribution in [1.29, 1.82) is 0 Å². The number of aromatic hydroxyl groups is 1. The van der Waals surface area contributed by atoms with Crippen molar-refractivity contribution in [3.05, 3.63) is 370 Å². The highest BCUT2D eigenvalue weighted by molar-refractivity contribution is 6.58. The van der Waals surface area contributed by atoms with Gasteiger partial charge in [0, 0.05) is 22.3 Å². The fraction of sp³-hybridized carbons (Fsp3) is 0.161. The third kappa shape index (κ3) is 19.9. The van der Waals surface area contributed by atoms with Gasteiger partial charge in [0.15, 0.2) is 16.7 Å². The second-order valence-electron chi connectivity index (χ2n) is 26.4. The van der Waals surface area contributed by atoms with Gasteiger partial charge in [-0.05, 0) is 128 Å². The fourth-order valence-corrected chi connectivity index (χ4v) is 13.4. The summed E-state index contributed by atoms with van der Waals surface area (Å²) >= 11 is 6.52. The molecule has 0 bridgehead atoms. The van der Waals surface area contributed by atoms with Crippen molar-refractivity contribution >= 4 is 60.3 Å². The first kappa shape index (κ1) is 78.7. The number of H-pyrrole nitrogens is 1. The van der Waals surface area contributed by atoms with Crippen LogP contribution in [0.1, 0.15) is 135 Å². The van der Waals surface area contributed by atoms with Gasteiger partial charge < -0.3 is 53.7 Å². The van der Waals surface area contributed by atoms with E-state index in [1.165, 1.54) is 22.3 Å².